The van der Waals surface area contributed by atoms with Gasteiger partial charge >= 0.3 is 6.03 Å². The van der Waals surface area contributed by atoms with Gasteiger partial charge in [-0.2, -0.15) is 11.3 Å². The fourth-order valence-corrected chi connectivity index (χ4v) is 3.02. The molecule has 0 aliphatic rings. The molecule has 0 spiro atoms. The summed E-state index contributed by atoms with van der Waals surface area (Å²) < 4.78 is 0. The Hall–Kier alpha value is -1.93. The van der Waals surface area contributed by atoms with Crippen molar-refractivity contribution in [3.8, 4) is 0 Å². The Morgan fingerprint density at radius 2 is 2.10 bits per heavy atom. The van der Waals surface area contributed by atoms with E-state index in [1.54, 1.807) is 16.7 Å². The van der Waals surface area contributed by atoms with Crippen LogP contribution in [0.2, 0.25) is 0 Å². The molecule has 21 heavy (non-hydrogen) atoms. The quantitative estimate of drug-likeness (QED) is 0.754. The van der Waals surface area contributed by atoms with Crippen LogP contribution >= 0.6 is 22.7 Å². The molecular formula is C13H16N4O2S2. The van der Waals surface area contributed by atoms with Crippen LogP contribution < -0.4 is 16.2 Å². The van der Waals surface area contributed by atoms with Crippen molar-refractivity contribution in [2.45, 2.75) is 26.3 Å². The number of urea groups is 1. The van der Waals surface area contributed by atoms with Crippen LogP contribution in [-0.4, -0.2) is 23.0 Å². The molecule has 2 aromatic heterocycles. The summed E-state index contributed by atoms with van der Waals surface area (Å²) in [6.45, 7) is 3.66. The van der Waals surface area contributed by atoms with E-state index in [4.69, 9.17) is 0 Å². The third-order valence-corrected chi connectivity index (χ3v) is 4.01. The lowest BCUT2D eigenvalue weighted by atomic mass is 10.2. The van der Waals surface area contributed by atoms with Crippen molar-refractivity contribution in [1.82, 2.24) is 21.2 Å². The van der Waals surface area contributed by atoms with Crippen molar-refractivity contribution in [1.29, 1.82) is 0 Å². The largest absolute Gasteiger partial charge is 0.335 e. The van der Waals surface area contributed by atoms with Gasteiger partial charge in [0.15, 0.2) is 0 Å². The molecule has 0 aliphatic carbocycles. The summed E-state index contributed by atoms with van der Waals surface area (Å²) in [7, 11) is 0. The van der Waals surface area contributed by atoms with Crippen molar-refractivity contribution in [2.24, 2.45) is 0 Å². The van der Waals surface area contributed by atoms with Crippen molar-refractivity contribution in [3.05, 3.63) is 38.5 Å². The first-order valence-electron chi connectivity index (χ1n) is 6.37. The van der Waals surface area contributed by atoms with E-state index in [1.807, 2.05) is 25.3 Å². The maximum absolute atomic E-state index is 11.8. The monoisotopic (exact) mass is 324 g/mol. The van der Waals surface area contributed by atoms with Crippen LogP contribution in [0.1, 0.15) is 34.9 Å². The van der Waals surface area contributed by atoms with Crippen LogP contribution in [-0.2, 0) is 6.42 Å². The summed E-state index contributed by atoms with van der Waals surface area (Å²) in [6.07, 6.45) is 0.711. The van der Waals surface area contributed by atoms with E-state index in [9.17, 15) is 9.59 Å². The van der Waals surface area contributed by atoms with Crippen LogP contribution in [0.4, 0.5) is 4.79 Å². The van der Waals surface area contributed by atoms with E-state index in [0.29, 0.717) is 12.1 Å². The third kappa shape index (κ3) is 4.83. The first kappa shape index (κ1) is 15.5. The van der Waals surface area contributed by atoms with Gasteiger partial charge in [-0.3, -0.25) is 10.2 Å². The molecule has 0 atom stereocenters. The molecule has 0 fully saturated rings. The van der Waals surface area contributed by atoms with Crippen molar-refractivity contribution < 1.29 is 9.59 Å². The number of rotatable bonds is 4. The maximum Gasteiger partial charge on any atom is 0.333 e. The summed E-state index contributed by atoms with van der Waals surface area (Å²) in [5, 5.41) is 9.21. The van der Waals surface area contributed by atoms with Gasteiger partial charge < -0.3 is 5.32 Å². The number of hydrazine groups is 1. The lowest BCUT2D eigenvalue weighted by Crippen LogP contribution is -2.48. The van der Waals surface area contributed by atoms with Crippen molar-refractivity contribution >= 4 is 34.6 Å². The van der Waals surface area contributed by atoms with Gasteiger partial charge in [-0.1, -0.05) is 0 Å². The van der Waals surface area contributed by atoms with E-state index >= 15 is 0 Å². The number of nitrogens with one attached hydrogen (secondary N) is 3. The number of hydrogen-bond donors (Lipinski definition) is 3. The third-order valence-electron chi connectivity index (χ3n) is 2.43. The van der Waals surface area contributed by atoms with Crippen LogP contribution in [0.25, 0.3) is 0 Å². The first-order valence-corrected chi connectivity index (χ1v) is 8.19. The predicted octanol–water partition coefficient (Wildman–Crippen LogP) is 2.15. The van der Waals surface area contributed by atoms with Gasteiger partial charge in [0.25, 0.3) is 5.91 Å². The summed E-state index contributed by atoms with van der Waals surface area (Å²) in [5.41, 5.74) is 6.08. The fraction of sp³-hybridized carbons (Fsp3) is 0.308. The molecule has 2 aromatic rings. The Kier molecular flexibility index (Phi) is 5.29. The molecule has 0 aromatic carbocycles. The molecule has 0 aliphatic heterocycles. The Morgan fingerprint density at radius 1 is 1.29 bits per heavy atom. The Bertz CT molecular complexity index is 607. The standard InChI is InChI=1S/C13H16N4O2S2/c1-8(2)14-13(19)17-16-12(18)10-7-21-11(15-10)5-9-3-4-20-6-9/h3-4,6-8H,5H2,1-2H3,(H,16,18)(H2,14,17,19). The number of nitrogens with zero attached hydrogens (tertiary/aromatic N) is 1. The Balaban J connectivity index is 1.86. The minimum absolute atomic E-state index is 0.00149. The second kappa shape index (κ2) is 7.19. The SMILES string of the molecule is CC(C)NC(=O)NNC(=O)c1csc(Cc2ccsc2)n1. The van der Waals surface area contributed by atoms with Crippen LogP contribution in [0.3, 0.4) is 0 Å². The zero-order chi connectivity index (χ0) is 15.2. The summed E-state index contributed by atoms with van der Waals surface area (Å²) in [4.78, 5) is 27.5. The normalized spacial score (nSPS) is 10.4. The number of carbonyl (C=O) groups excluding carboxylic acids is 2. The Labute approximate surface area is 130 Å². The van der Waals surface area contributed by atoms with Crippen LogP contribution in [0.5, 0.6) is 0 Å². The highest BCUT2D eigenvalue weighted by Gasteiger charge is 2.12. The van der Waals surface area contributed by atoms with E-state index in [-0.39, 0.29) is 6.04 Å². The molecule has 112 valence electrons. The number of hydrogen-bond acceptors (Lipinski definition) is 5. The predicted molar refractivity (Wildman–Crippen MR) is 83.5 cm³/mol. The molecule has 6 nitrogen and oxygen atoms in total. The molecule has 8 heteroatoms. The van der Waals surface area contributed by atoms with E-state index in [2.05, 4.69) is 26.5 Å². The lowest BCUT2D eigenvalue weighted by Gasteiger charge is -2.10. The highest BCUT2D eigenvalue weighted by atomic mass is 32.1. The van der Waals surface area contributed by atoms with Gasteiger partial charge in [0, 0.05) is 17.8 Å². The molecule has 3 amide bonds. The number of carbonyl (C=O) groups is 2. The average molecular weight is 324 g/mol. The van der Waals surface area contributed by atoms with Gasteiger partial charge in [-0.25, -0.2) is 15.2 Å². The molecule has 0 unspecified atom stereocenters. The zero-order valence-corrected chi connectivity index (χ0v) is 13.3. The molecule has 0 radical (unpaired) electrons. The highest BCUT2D eigenvalue weighted by molar-refractivity contribution is 7.10. The van der Waals surface area contributed by atoms with Gasteiger partial charge in [0.05, 0.1) is 5.01 Å². The average Bonchev–Trinajstić information content (AvgIpc) is 3.07. The minimum Gasteiger partial charge on any atom is -0.335 e. The second-order valence-corrected chi connectivity index (χ2v) is 6.36. The fourth-order valence-electron chi connectivity index (χ4n) is 1.54. The summed E-state index contributed by atoms with van der Waals surface area (Å²) in [6, 6.07) is 1.58. The van der Waals surface area contributed by atoms with Gasteiger partial charge in [-0.15, -0.1) is 11.3 Å². The molecule has 0 bridgehead atoms. The number of amides is 3. The van der Waals surface area contributed by atoms with E-state index in [1.165, 1.54) is 16.9 Å². The lowest BCUT2D eigenvalue weighted by molar-refractivity contribution is 0.0931. The van der Waals surface area contributed by atoms with Crippen LogP contribution in [0.15, 0.2) is 22.2 Å². The summed E-state index contributed by atoms with van der Waals surface area (Å²) in [5.74, 6) is -0.429. The molecule has 2 heterocycles. The molecular weight excluding hydrogens is 308 g/mol. The second-order valence-electron chi connectivity index (χ2n) is 4.64. The van der Waals surface area contributed by atoms with Gasteiger partial charge in [0.2, 0.25) is 0 Å². The summed E-state index contributed by atoms with van der Waals surface area (Å²) >= 11 is 3.06. The first-order chi connectivity index (χ1) is 10.0. The number of thiazole rings is 1. The Morgan fingerprint density at radius 3 is 2.76 bits per heavy atom. The number of aromatic nitrogens is 1. The highest BCUT2D eigenvalue weighted by Crippen LogP contribution is 2.16. The molecule has 0 saturated heterocycles. The molecule has 3 N–H and O–H groups in total. The van der Waals surface area contributed by atoms with Crippen LogP contribution in [0, 0.1) is 0 Å². The van der Waals surface area contributed by atoms with Crippen molar-refractivity contribution in [2.75, 3.05) is 0 Å². The van der Waals surface area contributed by atoms with Gasteiger partial charge in [-0.05, 0) is 36.2 Å². The molecule has 0 saturated carbocycles. The topological polar surface area (TPSA) is 83.1 Å². The molecule has 2 rings (SSSR count). The van der Waals surface area contributed by atoms with E-state index in [0.717, 1.165) is 5.01 Å². The minimum atomic E-state index is -0.452. The maximum atomic E-state index is 11.8. The van der Waals surface area contributed by atoms with Gasteiger partial charge in [0.1, 0.15) is 5.69 Å². The van der Waals surface area contributed by atoms with Crippen molar-refractivity contribution in [3.63, 3.8) is 0 Å². The van der Waals surface area contributed by atoms with E-state index < -0.39 is 11.9 Å². The smallest absolute Gasteiger partial charge is 0.333 e. The zero-order valence-electron chi connectivity index (χ0n) is 11.7. The number of thiophene rings is 1.